The number of benzene rings is 3. The normalized spacial score (nSPS) is 22.3. The van der Waals surface area contributed by atoms with Crippen LogP contribution in [0.15, 0.2) is 103 Å². The summed E-state index contributed by atoms with van der Waals surface area (Å²) in [6.45, 7) is 0. The van der Waals surface area contributed by atoms with Gasteiger partial charge in [-0.2, -0.15) is 0 Å². The van der Waals surface area contributed by atoms with E-state index in [2.05, 4.69) is 4.98 Å². The Labute approximate surface area is 218 Å². The molecule has 6 heteroatoms. The van der Waals surface area contributed by atoms with Crippen molar-refractivity contribution in [2.45, 2.75) is 18.0 Å². The third kappa shape index (κ3) is 2.85. The van der Waals surface area contributed by atoms with Crippen molar-refractivity contribution in [1.82, 2.24) is 4.98 Å². The molecule has 1 spiro atoms. The maximum absolute atomic E-state index is 14.5. The van der Waals surface area contributed by atoms with Crippen LogP contribution in [0.3, 0.4) is 0 Å². The maximum atomic E-state index is 14.5. The number of nitrogens with zero attached hydrogens (tertiary/aromatic N) is 2. The van der Waals surface area contributed by atoms with Crippen molar-refractivity contribution in [1.29, 1.82) is 0 Å². The second-order valence-electron chi connectivity index (χ2n) is 9.92. The van der Waals surface area contributed by atoms with Gasteiger partial charge in [-0.3, -0.25) is 19.4 Å². The molecule has 2 aliphatic heterocycles. The molecule has 1 fully saturated rings. The van der Waals surface area contributed by atoms with E-state index in [0.29, 0.717) is 22.3 Å². The van der Waals surface area contributed by atoms with Crippen LogP contribution in [-0.4, -0.2) is 34.4 Å². The molecule has 3 aromatic carbocycles. The summed E-state index contributed by atoms with van der Waals surface area (Å²) in [6.07, 6.45) is 7.06. The zero-order valence-corrected chi connectivity index (χ0v) is 20.1. The summed E-state index contributed by atoms with van der Waals surface area (Å²) >= 11 is 0. The molecule has 3 aliphatic rings. The average molecular weight is 501 g/mol. The molecule has 7 rings (SSSR count). The molecule has 0 bridgehead atoms. The molecular weight excluding hydrogens is 479 g/mol. The highest BCUT2D eigenvalue weighted by molar-refractivity contribution is 6.32. The first-order valence-corrected chi connectivity index (χ1v) is 12.5. The van der Waals surface area contributed by atoms with Gasteiger partial charge in [-0.05, 0) is 47.5 Å². The number of pyridine rings is 1. The summed E-state index contributed by atoms with van der Waals surface area (Å²) < 4.78 is 13.8. The highest BCUT2D eigenvalue weighted by atomic mass is 19.1. The quantitative estimate of drug-likeness (QED) is 0.273. The number of hydrogen-bond acceptors (Lipinski definition) is 5. The minimum absolute atomic E-state index is 0.289. The number of carbonyl (C=O) groups excluding carboxylic acids is 3. The van der Waals surface area contributed by atoms with Gasteiger partial charge in [0.05, 0.1) is 6.04 Å². The number of anilines is 1. The van der Waals surface area contributed by atoms with Crippen molar-refractivity contribution >= 4 is 29.1 Å². The summed E-state index contributed by atoms with van der Waals surface area (Å²) in [5.41, 5.74) is 1.76. The van der Waals surface area contributed by atoms with Crippen molar-refractivity contribution in [3.8, 4) is 0 Å². The van der Waals surface area contributed by atoms with Crippen LogP contribution in [0.2, 0.25) is 0 Å². The van der Waals surface area contributed by atoms with E-state index in [1.807, 2.05) is 47.4 Å². The van der Waals surface area contributed by atoms with Gasteiger partial charge in [-0.15, -0.1) is 0 Å². The van der Waals surface area contributed by atoms with Crippen molar-refractivity contribution in [3.05, 3.63) is 137 Å². The smallest absolute Gasteiger partial charge is 0.185 e. The lowest BCUT2D eigenvalue weighted by molar-refractivity contribution is 0.0666. The van der Waals surface area contributed by atoms with E-state index in [1.165, 1.54) is 24.3 Å². The molecule has 1 unspecified atom stereocenters. The van der Waals surface area contributed by atoms with Crippen LogP contribution in [0, 0.1) is 11.2 Å². The predicted octanol–water partition coefficient (Wildman–Crippen LogP) is 5.54. The van der Waals surface area contributed by atoms with Crippen LogP contribution < -0.4 is 4.90 Å². The molecule has 1 aliphatic carbocycles. The Balaban J connectivity index is 1.54. The SMILES string of the molecule is O=C(c1ccc(F)cc1)[C@H]1[C@H](c2cccnc2)C2(C(=O)c3ccccc3C2=O)C2C=Cc3ccccc3N21. The van der Waals surface area contributed by atoms with Crippen molar-refractivity contribution < 1.29 is 18.8 Å². The molecule has 184 valence electrons. The standard InChI is InChI=1S/C32H21FN2O3/c33-22-14-11-20(12-15-22)29(36)28-27(21-7-5-17-34-18-21)32(30(37)23-8-2-3-9-24(23)31(32)38)26-16-13-19-6-1-4-10-25(19)35(26)28/h1-18,26-28H/t26?,27-,28+/m0/s1. The lowest BCUT2D eigenvalue weighted by Gasteiger charge is -2.37. The number of Topliss-reactive ketones (excluding diaryl/α,β-unsaturated/α-hetero) is 3. The molecule has 4 aromatic rings. The van der Waals surface area contributed by atoms with Crippen molar-refractivity contribution in [2.75, 3.05) is 4.90 Å². The molecule has 0 amide bonds. The Morgan fingerprint density at radius 1 is 0.842 bits per heavy atom. The van der Waals surface area contributed by atoms with E-state index < -0.39 is 29.2 Å². The van der Waals surface area contributed by atoms with Crippen LogP contribution in [0.25, 0.3) is 6.08 Å². The summed E-state index contributed by atoms with van der Waals surface area (Å²) in [5, 5.41) is 0. The summed E-state index contributed by atoms with van der Waals surface area (Å²) in [7, 11) is 0. The second kappa shape index (κ2) is 8.15. The van der Waals surface area contributed by atoms with Gasteiger partial charge in [0.2, 0.25) is 0 Å². The molecule has 0 radical (unpaired) electrons. The number of fused-ring (bicyclic) bond motifs is 5. The van der Waals surface area contributed by atoms with E-state index in [0.717, 1.165) is 11.3 Å². The number of halogens is 1. The van der Waals surface area contributed by atoms with Gasteiger partial charge < -0.3 is 4.90 Å². The van der Waals surface area contributed by atoms with Gasteiger partial charge in [0, 0.05) is 40.7 Å². The lowest BCUT2D eigenvalue weighted by atomic mass is 9.64. The fourth-order valence-corrected chi connectivity index (χ4v) is 6.64. The van der Waals surface area contributed by atoms with Gasteiger partial charge in [0.25, 0.3) is 0 Å². The Morgan fingerprint density at radius 2 is 1.53 bits per heavy atom. The first-order chi connectivity index (χ1) is 18.5. The topological polar surface area (TPSA) is 67.3 Å². The summed E-state index contributed by atoms with van der Waals surface area (Å²) in [6, 6.07) is 21.9. The van der Waals surface area contributed by atoms with Gasteiger partial charge in [0.1, 0.15) is 17.3 Å². The zero-order valence-electron chi connectivity index (χ0n) is 20.1. The molecule has 1 saturated heterocycles. The van der Waals surface area contributed by atoms with E-state index >= 15 is 0 Å². The van der Waals surface area contributed by atoms with Crippen LogP contribution in [0.5, 0.6) is 0 Å². The monoisotopic (exact) mass is 500 g/mol. The third-order valence-electron chi connectivity index (χ3n) is 8.15. The van der Waals surface area contributed by atoms with Gasteiger partial charge in [-0.1, -0.05) is 60.7 Å². The molecule has 1 aromatic heterocycles. The molecule has 0 saturated carbocycles. The van der Waals surface area contributed by atoms with E-state index in [-0.39, 0.29) is 17.3 Å². The minimum atomic E-state index is -1.57. The lowest BCUT2D eigenvalue weighted by Crippen LogP contribution is -2.48. The Morgan fingerprint density at radius 3 is 2.21 bits per heavy atom. The van der Waals surface area contributed by atoms with Crippen LogP contribution in [0.4, 0.5) is 10.1 Å². The number of carbonyl (C=O) groups is 3. The van der Waals surface area contributed by atoms with E-state index in [4.69, 9.17) is 0 Å². The largest absolute Gasteiger partial charge is 0.352 e. The maximum Gasteiger partial charge on any atom is 0.185 e. The highest BCUT2D eigenvalue weighted by Gasteiger charge is 2.71. The minimum Gasteiger partial charge on any atom is -0.352 e. The third-order valence-corrected chi connectivity index (χ3v) is 8.15. The molecule has 3 heterocycles. The van der Waals surface area contributed by atoms with Crippen molar-refractivity contribution in [3.63, 3.8) is 0 Å². The van der Waals surface area contributed by atoms with Crippen LogP contribution in [0.1, 0.15) is 48.1 Å². The first kappa shape index (κ1) is 22.5. The Kier molecular flexibility index (Phi) is 4.82. The molecule has 38 heavy (non-hydrogen) atoms. The van der Waals surface area contributed by atoms with E-state index in [9.17, 15) is 18.8 Å². The first-order valence-electron chi connectivity index (χ1n) is 12.5. The number of ketones is 3. The molecule has 0 N–H and O–H groups in total. The van der Waals surface area contributed by atoms with E-state index in [1.54, 1.807) is 42.7 Å². The number of aromatic nitrogens is 1. The molecule has 5 nitrogen and oxygen atoms in total. The average Bonchev–Trinajstić information content (AvgIpc) is 3.40. The summed E-state index contributed by atoms with van der Waals surface area (Å²) in [4.78, 5) is 49.6. The Bertz CT molecular complexity index is 1630. The fourth-order valence-electron chi connectivity index (χ4n) is 6.64. The number of hydrogen-bond donors (Lipinski definition) is 0. The second-order valence-corrected chi connectivity index (χ2v) is 9.92. The fraction of sp³-hybridized carbons (Fsp3) is 0.125. The molecule has 3 atom stereocenters. The number of rotatable bonds is 3. The highest BCUT2D eigenvalue weighted by Crippen LogP contribution is 2.60. The summed E-state index contributed by atoms with van der Waals surface area (Å²) in [5.74, 6) is -2.15. The van der Waals surface area contributed by atoms with Crippen LogP contribution >= 0.6 is 0 Å². The van der Waals surface area contributed by atoms with Gasteiger partial charge in [-0.25, -0.2) is 4.39 Å². The predicted molar refractivity (Wildman–Crippen MR) is 141 cm³/mol. The Hall–Kier alpha value is -4.71. The zero-order chi connectivity index (χ0) is 26.0. The van der Waals surface area contributed by atoms with Crippen LogP contribution in [-0.2, 0) is 0 Å². The van der Waals surface area contributed by atoms with Crippen molar-refractivity contribution in [2.24, 2.45) is 5.41 Å². The number of para-hydroxylation sites is 1. The van der Waals surface area contributed by atoms with Gasteiger partial charge >= 0.3 is 0 Å². The molecular formula is C32H21FN2O3. The van der Waals surface area contributed by atoms with Gasteiger partial charge in [0.15, 0.2) is 17.3 Å².